The van der Waals surface area contributed by atoms with Gasteiger partial charge in [0.1, 0.15) is 0 Å². The summed E-state index contributed by atoms with van der Waals surface area (Å²) in [5.74, 6) is 3.36. The molecule has 7 heteroatoms. The molecule has 4 nitrogen and oxygen atoms in total. The molecule has 0 spiro atoms. The lowest BCUT2D eigenvalue weighted by Crippen LogP contribution is -2.41. The average Bonchev–Trinajstić information content (AvgIpc) is 2.53. The van der Waals surface area contributed by atoms with E-state index in [1.807, 2.05) is 23.5 Å². The maximum atomic E-state index is 5.53. The largest absolute Gasteiger partial charge is 0.381 e. The summed E-state index contributed by atoms with van der Waals surface area (Å²) in [4.78, 5) is 4.86. The summed E-state index contributed by atoms with van der Waals surface area (Å²) in [5, 5.41) is 6.83. The molecule has 0 amide bonds. The predicted octanol–water partition coefficient (Wildman–Crippen LogP) is 3.61. The molecule has 0 radical (unpaired) electrons. The molecule has 23 heavy (non-hydrogen) atoms. The number of thioether (sulfide) groups is 2. The van der Waals surface area contributed by atoms with E-state index in [9.17, 15) is 0 Å². The topological polar surface area (TPSA) is 45.7 Å². The highest BCUT2D eigenvalue weighted by Crippen LogP contribution is 2.35. The zero-order valence-electron chi connectivity index (χ0n) is 14.9. The SMILES string of the molecule is CCNC(=NCC1(SCC)CCOCC1)NCCCCSC.I. The van der Waals surface area contributed by atoms with E-state index in [-0.39, 0.29) is 28.7 Å². The monoisotopic (exact) mass is 475 g/mol. The highest BCUT2D eigenvalue weighted by molar-refractivity contribution is 14.0. The highest BCUT2D eigenvalue weighted by Gasteiger charge is 2.32. The normalized spacial score (nSPS) is 17.4. The summed E-state index contributed by atoms with van der Waals surface area (Å²) in [5.41, 5.74) is 0. The molecule has 0 unspecified atom stereocenters. The van der Waals surface area contributed by atoms with Crippen LogP contribution in [0, 0.1) is 0 Å². The van der Waals surface area contributed by atoms with Crippen LogP contribution >= 0.6 is 47.5 Å². The Kier molecular flexibility index (Phi) is 15.4. The Morgan fingerprint density at radius 1 is 1.17 bits per heavy atom. The predicted molar refractivity (Wildman–Crippen MR) is 118 cm³/mol. The summed E-state index contributed by atoms with van der Waals surface area (Å²) in [6.07, 6.45) is 6.86. The zero-order valence-corrected chi connectivity index (χ0v) is 18.8. The van der Waals surface area contributed by atoms with Gasteiger partial charge in [0.2, 0.25) is 0 Å². The van der Waals surface area contributed by atoms with Crippen LogP contribution in [-0.4, -0.2) is 61.3 Å². The molecule has 1 fully saturated rings. The van der Waals surface area contributed by atoms with Crippen LogP contribution in [0.1, 0.15) is 39.5 Å². The minimum atomic E-state index is 0. The van der Waals surface area contributed by atoms with Gasteiger partial charge >= 0.3 is 0 Å². The van der Waals surface area contributed by atoms with Gasteiger partial charge in [-0.25, -0.2) is 0 Å². The first kappa shape index (κ1) is 23.7. The second-order valence-electron chi connectivity index (χ2n) is 5.55. The molecule has 1 rings (SSSR count). The standard InChI is InChI=1S/C16H33N3OS2.HI/c1-4-17-15(18-10-6-7-13-21-3)19-14-16(22-5-2)8-11-20-12-9-16;/h4-14H2,1-3H3,(H2,17,18,19);1H. The number of nitrogens with zero attached hydrogens (tertiary/aromatic N) is 1. The molecule has 0 aromatic heterocycles. The highest BCUT2D eigenvalue weighted by atomic mass is 127. The number of rotatable bonds is 10. The molecule has 2 N–H and O–H groups in total. The van der Waals surface area contributed by atoms with Crippen LogP contribution in [0.5, 0.6) is 0 Å². The van der Waals surface area contributed by atoms with Gasteiger partial charge in [0.25, 0.3) is 0 Å². The van der Waals surface area contributed by atoms with Crippen molar-refractivity contribution in [3.63, 3.8) is 0 Å². The number of hydrogen-bond acceptors (Lipinski definition) is 4. The van der Waals surface area contributed by atoms with Crippen LogP contribution in [0.25, 0.3) is 0 Å². The van der Waals surface area contributed by atoms with Gasteiger partial charge in [0, 0.05) is 31.1 Å². The minimum absolute atomic E-state index is 0. The van der Waals surface area contributed by atoms with Crippen molar-refractivity contribution in [2.45, 2.75) is 44.3 Å². The Morgan fingerprint density at radius 2 is 1.91 bits per heavy atom. The summed E-state index contributed by atoms with van der Waals surface area (Å²) in [6, 6.07) is 0. The molecule has 1 aliphatic heterocycles. The van der Waals surface area contributed by atoms with E-state index in [4.69, 9.17) is 9.73 Å². The average molecular weight is 476 g/mol. The van der Waals surface area contributed by atoms with Crippen molar-refractivity contribution in [1.82, 2.24) is 10.6 Å². The fourth-order valence-electron chi connectivity index (χ4n) is 2.54. The van der Waals surface area contributed by atoms with Gasteiger partial charge < -0.3 is 15.4 Å². The van der Waals surface area contributed by atoms with Crippen molar-refractivity contribution in [3.05, 3.63) is 0 Å². The molecule has 1 saturated heterocycles. The summed E-state index contributed by atoms with van der Waals surface area (Å²) < 4.78 is 5.80. The van der Waals surface area contributed by atoms with Crippen molar-refractivity contribution in [1.29, 1.82) is 0 Å². The van der Waals surface area contributed by atoms with Crippen molar-refractivity contribution in [3.8, 4) is 0 Å². The number of hydrogen-bond donors (Lipinski definition) is 2. The number of unbranched alkanes of at least 4 members (excludes halogenated alkanes) is 1. The van der Waals surface area contributed by atoms with Crippen molar-refractivity contribution in [2.75, 3.05) is 50.6 Å². The van der Waals surface area contributed by atoms with Crippen LogP contribution in [0.15, 0.2) is 4.99 Å². The summed E-state index contributed by atoms with van der Waals surface area (Å²) in [6.45, 7) is 8.91. The Balaban J connectivity index is 0.00000484. The third-order valence-corrected chi connectivity index (χ3v) is 5.93. The van der Waals surface area contributed by atoms with Gasteiger partial charge in [-0.05, 0) is 50.4 Å². The van der Waals surface area contributed by atoms with Gasteiger partial charge in [-0.1, -0.05) is 6.92 Å². The third kappa shape index (κ3) is 10.3. The van der Waals surface area contributed by atoms with Crippen LogP contribution in [-0.2, 0) is 4.74 Å². The molecule has 0 aliphatic carbocycles. The molecule has 1 aliphatic rings. The van der Waals surface area contributed by atoms with Crippen LogP contribution in [0.4, 0.5) is 0 Å². The minimum Gasteiger partial charge on any atom is -0.381 e. The molecule has 0 bridgehead atoms. The lowest BCUT2D eigenvalue weighted by Gasteiger charge is -2.35. The quantitative estimate of drug-likeness (QED) is 0.219. The first-order valence-electron chi connectivity index (χ1n) is 8.49. The van der Waals surface area contributed by atoms with Gasteiger partial charge in [-0.3, -0.25) is 4.99 Å². The van der Waals surface area contributed by atoms with E-state index in [0.717, 1.165) is 57.4 Å². The van der Waals surface area contributed by atoms with Crippen molar-refractivity contribution >= 4 is 53.5 Å². The first-order chi connectivity index (χ1) is 10.8. The zero-order chi connectivity index (χ0) is 16.1. The number of guanidine groups is 1. The molecular formula is C16H34IN3OS2. The fourth-order valence-corrected chi connectivity index (χ4v) is 4.26. The molecule has 138 valence electrons. The molecule has 0 aromatic rings. The van der Waals surface area contributed by atoms with Crippen LogP contribution < -0.4 is 10.6 Å². The molecule has 0 atom stereocenters. The maximum Gasteiger partial charge on any atom is 0.191 e. The molecule has 1 heterocycles. The lowest BCUT2D eigenvalue weighted by molar-refractivity contribution is 0.0793. The Hall–Kier alpha value is 0.660. The van der Waals surface area contributed by atoms with E-state index in [0.29, 0.717) is 0 Å². The number of ether oxygens (including phenoxy) is 1. The van der Waals surface area contributed by atoms with Crippen molar-refractivity contribution < 1.29 is 4.74 Å². The van der Waals surface area contributed by atoms with E-state index in [1.165, 1.54) is 18.6 Å². The lowest BCUT2D eigenvalue weighted by atomic mass is 9.99. The van der Waals surface area contributed by atoms with Crippen LogP contribution in [0.2, 0.25) is 0 Å². The molecule has 0 saturated carbocycles. The fraction of sp³-hybridized carbons (Fsp3) is 0.938. The van der Waals surface area contributed by atoms with Crippen LogP contribution in [0.3, 0.4) is 0 Å². The smallest absolute Gasteiger partial charge is 0.191 e. The van der Waals surface area contributed by atoms with E-state index >= 15 is 0 Å². The van der Waals surface area contributed by atoms with E-state index in [2.05, 4.69) is 30.7 Å². The first-order valence-corrected chi connectivity index (χ1v) is 10.9. The van der Waals surface area contributed by atoms with Gasteiger partial charge in [-0.2, -0.15) is 23.5 Å². The Bertz CT molecular complexity index is 308. The Labute approximate surface area is 168 Å². The second kappa shape index (κ2) is 15.0. The Morgan fingerprint density at radius 3 is 2.52 bits per heavy atom. The van der Waals surface area contributed by atoms with E-state index in [1.54, 1.807) is 0 Å². The number of nitrogens with one attached hydrogen (secondary N) is 2. The number of halogens is 1. The molecule has 0 aromatic carbocycles. The molecular weight excluding hydrogens is 441 g/mol. The van der Waals surface area contributed by atoms with Crippen molar-refractivity contribution in [2.24, 2.45) is 4.99 Å². The third-order valence-electron chi connectivity index (χ3n) is 3.79. The van der Waals surface area contributed by atoms with Gasteiger partial charge in [-0.15, -0.1) is 24.0 Å². The summed E-state index contributed by atoms with van der Waals surface area (Å²) in [7, 11) is 0. The maximum absolute atomic E-state index is 5.53. The number of aliphatic imine (C=N–C) groups is 1. The van der Waals surface area contributed by atoms with Gasteiger partial charge in [0.05, 0.1) is 6.54 Å². The second-order valence-corrected chi connectivity index (χ2v) is 8.27. The van der Waals surface area contributed by atoms with E-state index < -0.39 is 0 Å². The van der Waals surface area contributed by atoms with Gasteiger partial charge in [0.15, 0.2) is 5.96 Å². The summed E-state index contributed by atoms with van der Waals surface area (Å²) >= 11 is 3.97.